The van der Waals surface area contributed by atoms with Gasteiger partial charge in [-0.2, -0.15) is 5.10 Å². The Kier molecular flexibility index (Phi) is 4.46. The fraction of sp³-hybridized carbons (Fsp3) is 0.500. The predicted octanol–water partition coefficient (Wildman–Crippen LogP) is -0.179. The summed E-state index contributed by atoms with van der Waals surface area (Å²) >= 11 is 6.03. The molecule has 1 aromatic heterocycles. The van der Waals surface area contributed by atoms with Crippen LogP contribution < -0.4 is 10.6 Å². The van der Waals surface area contributed by atoms with Crippen LogP contribution >= 0.6 is 11.6 Å². The van der Waals surface area contributed by atoms with E-state index in [9.17, 15) is 14.4 Å². The van der Waals surface area contributed by atoms with Crippen molar-refractivity contribution in [1.82, 2.24) is 25.3 Å². The van der Waals surface area contributed by atoms with Crippen molar-refractivity contribution in [3.8, 4) is 0 Å². The molecule has 0 unspecified atom stereocenters. The predicted molar refractivity (Wildman–Crippen MR) is 74.8 cm³/mol. The van der Waals surface area contributed by atoms with Gasteiger partial charge < -0.3 is 10.6 Å². The Morgan fingerprint density at radius 3 is 2.67 bits per heavy atom. The first-order valence-corrected chi connectivity index (χ1v) is 6.82. The summed E-state index contributed by atoms with van der Waals surface area (Å²) < 4.78 is 1.70. The lowest BCUT2D eigenvalue weighted by molar-refractivity contribution is -0.130. The Balaban J connectivity index is 1.80. The maximum Gasteiger partial charge on any atom is 0.325 e. The Bertz CT molecular complexity index is 582. The highest BCUT2D eigenvalue weighted by atomic mass is 35.5. The number of halogens is 1. The number of hydrogen-bond acceptors (Lipinski definition) is 4. The van der Waals surface area contributed by atoms with Crippen molar-refractivity contribution < 1.29 is 14.4 Å². The maximum absolute atomic E-state index is 11.7. The largest absolute Gasteiger partial charge is 0.353 e. The number of carbonyl (C=O) groups excluding carboxylic acids is 3. The molecule has 0 bridgehead atoms. The standard InChI is InChI=1S/C12H16ClN5O3/c1-7-11(13)8(2)18(16-7)4-3-14-9(19)6-17-10(20)5-15-12(17)21/h3-6H2,1-2H3,(H,14,19)(H,15,21). The monoisotopic (exact) mass is 313 g/mol. The van der Waals surface area contributed by atoms with Crippen LogP contribution in [0.4, 0.5) is 4.79 Å². The van der Waals surface area contributed by atoms with Gasteiger partial charge in [0, 0.05) is 6.54 Å². The van der Waals surface area contributed by atoms with E-state index in [0.717, 1.165) is 16.3 Å². The summed E-state index contributed by atoms with van der Waals surface area (Å²) in [6, 6.07) is -0.541. The van der Waals surface area contributed by atoms with E-state index >= 15 is 0 Å². The molecule has 0 radical (unpaired) electrons. The highest BCUT2D eigenvalue weighted by Crippen LogP contribution is 2.18. The molecule has 114 valence electrons. The number of nitrogens with one attached hydrogen (secondary N) is 2. The zero-order valence-corrected chi connectivity index (χ0v) is 12.5. The SMILES string of the molecule is Cc1nn(CCNC(=O)CN2C(=O)CNC2=O)c(C)c1Cl. The van der Waals surface area contributed by atoms with Crippen LogP contribution in [0.1, 0.15) is 11.4 Å². The van der Waals surface area contributed by atoms with E-state index in [0.29, 0.717) is 18.1 Å². The second-order valence-electron chi connectivity index (χ2n) is 4.70. The van der Waals surface area contributed by atoms with E-state index in [-0.39, 0.29) is 13.1 Å². The number of aryl methyl sites for hydroxylation is 1. The normalized spacial score (nSPS) is 14.5. The van der Waals surface area contributed by atoms with E-state index in [1.54, 1.807) is 4.68 Å². The first-order valence-electron chi connectivity index (χ1n) is 6.44. The van der Waals surface area contributed by atoms with E-state index in [2.05, 4.69) is 15.7 Å². The average Bonchev–Trinajstić information content (AvgIpc) is 2.87. The van der Waals surface area contributed by atoms with Crippen molar-refractivity contribution >= 4 is 29.4 Å². The van der Waals surface area contributed by atoms with Gasteiger partial charge in [0.2, 0.25) is 5.91 Å². The zero-order valence-electron chi connectivity index (χ0n) is 11.8. The minimum absolute atomic E-state index is 0.0592. The molecule has 1 aliphatic heterocycles. The Morgan fingerprint density at radius 1 is 1.43 bits per heavy atom. The number of rotatable bonds is 5. The zero-order chi connectivity index (χ0) is 15.6. The van der Waals surface area contributed by atoms with Crippen molar-refractivity contribution in [2.45, 2.75) is 20.4 Å². The van der Waals surface area contributed by atoms with Crippen molar-refractivity contribution in [3.05, 3.63) is 16.4 Å². The van der Waals surface area contributed by atoms with Gasteiger partial charge in [-0.1, -0.05) is 11.6 Å². The molecule has 0 aliphatic carbocycles. The number of imide groups is 1. The van der Waals surface area contributed by atoms with Gasteiger partial charge in [0.25, 0.3) is 5.91 Å². The van der Waals surface area contributed by atoms with Crippen molar-refractivity contribution in [2.24, 2.45) is 0 Å². The molecular formula is C12H16ClN5O3. The Hall–Kier alpha value is -2.09. The number of nitrogens with zero attached hydrogens (tertiary/aromatic N) is 3. The molecule has 9 heteroatoms. The Morgan fingerprint density at radius 2 is 2.14 bits per heavy atom. The van der Waals surface area contributed by atoms with Gasteiger partial charge >= 0.3 is 6.03 Å². The molecule has 2 rings (SSSR count). The first-order chi connectivity index (χ1) is 9.90. The summed E-state index contributed by atoms with van der Waals surface area (Å²) in [5, 5.41) is 9.84. The third kappa shape index (κ3) is 3.33. The molecular weight excluding hydrogens is 298 g/mol. The van der Waals surface area contributed by atoms with E-state index in [1.807, 2.05) is 13.8 Å². The second-order valence-corrected chi connectivity index (χ2v) is 5.07. The molecule has 4 amide bonds. The minimum atomic E-state index is -0.541. The van der Waals surface area contributed by atoms with Crippen LogP contribution in [0.2, 0.25) is 5.02 Å². The molecule has 21 heavy (non-hydrogen) atoms. The van der Waals surface area contributed by atoms with Crippen LogP contribution in [0.25, 0.3) is 0 Å². The highest BCUT2D eigenvalue weighted by molar-refractivity contribution is 6.31. The quantitative estimate of drug-likeness (QED) is 0.737. The molecule has 1 aromatic rings. The van der Waals surface area contributed by atoms with Gasteiger partial charge in [0.15, 0.2) is 0 Å². The minimum Gasteiger partial charge on any atom is -0.353 e. The molecule has 1 aliphatic rings. The molecule has 1 fully saturated rings. The number of aromatic nitrogens is 2. The van der Waals surface area contributed by atoms with Gasteiger partial charge in [-0.05, 0) is 13.8 Å². The second kappa shape index (κ2) is 6.13. The smallest absolute Gasteiger partial charge is 0.325 e. The van der Waals surface area contributed by atoms with Gasteiger partial charge in [-0.15, -0.1) is 0 Å². The van der Waals surface area contributed by atoms with E-state index in [4.69, 9.17) is 11.6 Å². The molecule has 8 nitrogen and oxygen atoms in total. The number of urea groups is 1. The van der Waals surface area contributed by atoms with E-state index in [1.165, 1.54) is 0 Å². The number of carbonyl (C=O) groups is 3. The fourth-order valence-electron chi connectivity index (χ4n) is 2.01. The lowest BCUT2D eigenvalue weighted by Crippen LogP contribution is -2.41. The molecule has 0 atom stereocenters. The van der Waals surface area contributed by atoms with Crippen LogP contribution in [-0.2, 0) is 16.1 Å². The third-order valence-electron chi connectivity index (χ3n) is 3.18. The van der Waals surface area contributed by atoms with Crippen LogP contribution in [-0.4, -0.2) is 52.2 Å². The lowest BCUT2D eigenvalue weighted by atomic mass is 10.4. The molecule has 1 saturated heterocycles. The Labute approximate surface area is 126 Å². The highest BCUT2D eigenvalue weighted by Gasteiger charge is 2.29. The van der Waals surface area contributed by atoms with Crippen LogP contribution in [0.15, 0.2) is 0 Å². The summed E-state index contributed by atoms with van der Waals surface area (Å²) in [5.74, 6) is -0.798. The molecule has 0 spiro atoms. The van der Waals surface area contributed by atoms with Gasteiger partial charge in [-0.3, -0.25) is 19.2 Å². The molecule has 2 heterocycles. The third-order valence-corrected chi connectivity index (χ3v) is 3.72. The number of amides is 4. The summed E-state index contributed by atoms with van der Waals surface area (Å²) in [5.41, 5.74) is 1.57. The molecule has 0 saturated carbocycles. The molecule has 0 aromatic carbocycles. The number of hydrogen-bond donors (Lipinski definition) is 2. The van der Waals surface area contributed by atoms with Crippen molar-refractivity contribution in [3.63, 3.8) is 0 Å². The summed E-state index contributed by atoms with van der Waals surface area (Å²) in [6.07, 6.45) is 0. The molecule has 2 N–H and O–H groups in total. The van der Waals surface area contributed by atoms with Crippen molar-refractivity contribution in [2.75, 3.05) is 19.6 Å². The average molecular weight is 314 g/mol. The van der Waals surface area contributed by atoms with Crippen LogP contribution in [0.5, 0.6) is 0 Å². The summed E-state index contributed by atoms with van der Waals surface area (Å²) in [7, 11) is 0. The summed E-state index contributed by atoms with van der Waals surface area (Å²) in [6.45, 7) is 4.12. The van der Waals surface area contributed by atoms with Gasteiger partial charge in [0.05, 0.1) is 29.5 Å². The van der Waals surface area contributed by atoms with Gasteiger partial charge in [0.1, 0.15) is 6.54 Å². The topological polar surface area (TPSA) is 96.3 Å². The van der Waals surface area contributed by atoms with Crippen LogP contribution in [0, 0.1) is 13.8 Å². The van der Waals surface area contributed by atoms with E-state index < -0.39 is 17.8 Å². The maximum atomic E-state index is 11.7. The van der Waals surface area contributed by atoms with Crippen LogP contribution in [0.3, 0.4) is 0 Å². The van der Waals surface area contributed by atoms with Crippen molar-refractivity contribution in [1.29, 1.82) is 0 Å². The first kappa shape index (κ1) is 15.3. The fourth-order valence-corrected chi connectivity index (χ4v) is 2.14. The lowest BCUT2D eigenvalue weighted by Gasteiger charge is -2.12. The van der Waals surface area contributed by atoms with Gasteiger partial charge in [-0.25, -0.2) is 4.79 Å². The summed E-state index contributed by atoms with van der Waals surface area (Å²) in [4.78, 5) is 35.2.